The normalized spacial score (nSPS) is 18.3. The Labute approximate surface area is 157 Å². The molecule has 1 saturated carbocycles. The fourth-order valence-corrected chi connectivity index (χ4v) is 4.08. The summed E-state index contributed by atoms with van der Waals surface area (Å²) in [6, 6.07) is 3.79. The molecule has 1 N–H and O–H groups in total. The molecule has 7 heteroatoms. The quantitative estimate of drug-likeness (QED) is 0.770. The van der Waals surface area contributed by atoms with Crippen LogP contribution in [0.3, 0.4) is 0 Å². The van der Waals surface area contributed by atoms with Gasteiger partial charge in [-0.1, -0.05) is 0 Å². The highest BCUT2D eigenvalue weighted by molar-refractivity contribution is 5.86. The van der Waals surface area contributed by atoms with E-state index in [1.165, 1.54) is 12.8 Å². The maximum atomic E-state index is 12.4. The predicted octanol–water partition coefficient (Wildman–Crippen LogP) is 2.62. The first-order valence-corrected chi connectivity index (χ1v) is 9.79. The Morgan fingerprint density at radius 1 is 1.11 bits per heavy atom. The zero-order valence-electron chi connectivity index (χ0n) is 15.6. The van der Waals surface area contributed by atoms with Crippen LogP contribution in [-0.4, -0.2) is 37.6 Å². The van der Waals surface area contributed by atoms with Crippen molar-refractivity contribution in [3.8, 4) is 0 Å². The molecule has 0 amide bonds. The minimum Gasteiger partial charge on any atom is -0.355 e. The number of rotatable bonds is 4. The lowest BCUT2D eigenvalue weighted by atomic mass is 9.96. The van der Waals surface area contributed by atoms with Crippen molar-refractivity contribution in [1.82, 2.24) is 24.5 Å². The fourth-order valence-electron chi connectivity index (χ4n) is 4.08. The van der Waals surface area contributed by atoms with Gasteiger partial charge in [-0.3, -0.25) is 9.36 Å². The van der Waals surface area contributed by atoms with E-state index in [2.05, 4.69) is 30.9 Å². The zero-order chi connectivity index (χ0) is 18.4. The highest BCUT2D eigenvalue weighted by atomic mass is 16.1. The molecule has 7 nitrogen and oxygen atoms in total. The molecule has 0 atom stereocenters. The molecule has 2 aliphatic rings. The van der Waals surface area contributed by atoms with Gasteiger partial charge in [-0.15, -0.1) is 0 Å². The van der Waals surface area contributed by atoms with Gasteiger partial charge in [-0.2, -0.15) is 0 Å². The number of aromatic amines is 1. The summed E-state index contributed by atoms with van der Waals surface area (Å²) in [4.78, 5) is 31.4. The number of anilines is 1. The molecule has 4 heterocycles. The van der Waals surface area contributed by atoms with Gasteiger partial charge in [0.25, 0.3) is 5.56 Å². The third-order valence-corrected chi connectivity index (χ3v) is 5.80. The first-order chi connectivity index (χ1) is 13.2. The van der Waals surface area contributed by atoms with Crippen molar-refractivity contribution >= 4 is 16.9 Å². The molecule has 5 rings (SSSR count). The summed E-state index contributed by atoms with van der Waals surface area (Å²) in [5, 5.41) is 0. The molecule has 0 spiro atoms. The van der Waals surface area contributed by atoms with Gasteiger partial charge in [0.2, 0.25) is 0 Å². The molecule has 0 radical (unpaired) electrons. The van der Waals surface area contributed by atoms with Crippen LogP contribution in [0.2, 0.25) is 0 Å². The number of piperidine rings is 1. The molecule has 3 aromatic heterocycles. The summed E-state index contributed by atoms with van der Waals surface area (Å²) in [6.45, 7) is 4.68. The Bertz CT molecular complexity index is 1030. The van der Waals surface area contributed by atoms with Crippen molar-refractivity contribution in [2.75, 3.05) is 18.0 Å². The number of aryl methyl sites for hydroxylation is 1. The van der Waals surface area contributed by atoms with Crippen LogP contribution >= 0.6 is 0 Å². The number of H-pyrrole nitrogens is 1. The maximum absolute atomic E-state index is 12.4. The topological polar surface area (TPSA) is 79.7 Å². The van der Waals surface area contributed by atoms with E-state index in [1.54, 1.807) is 23.3 Å². The minimum absolute atomic E-state index is 0.0914. The number of fused-ring (bicyclic) bond motifs is 1. The number of hydrogen-bond acceptors (Lipinski definition) is 5. The van der Waals surface area contributed by atoms with Gasteiger partial charge in [0.05, 0.1) is 17.5 Å². The second-order valence-electron chi connectivity index (χ2n) is 7.92. The maximum Gasteiger partial charge on any atom is 0.253 e. The number of nitrogens with zero attached hydrogens (tertiary/aromatic N) is 5. The van der Waals surface area contributed by atoms with Gasteiger partial charge in [-0.05, 0) is 44.6 Å². The van der Waals surface area contributed by atoms with Crippen LogP contribution in [0.4, 0.5) is 5.82 Å². The molecule has 0 unspecified atom stereocenters. The van der Waals surface area contributed by atoms with Crippen LogP contribution in [0.15, 0.2) is 29.6 Å². The molecule has 1 aliphatic carbocycles. The summed E-state index contributed by atoms with van der Waals surface area (Å²) in [5.74, 6) is 2.01. The molecule has 0 bridgehead atoms. The number of nitrogens with one attached hydrogen (secondary N) is 1. The van der Waals surface area contributed by atoms with Gasteiger partial charge in [0, 0.05) is 37.3 Å². The highest BCUT2D eigenvalue weighted by Gasteiger charge is 2.26. The van der Waals surface area contributed by atoms with E-state index in [0.717, 1.165) is 60.7 Å². The molecular weight excluding hydrogens is 340 g/mol. The lowest BCUT2D eigenvalue weighted by molar-refractivity contribution is 0.350. The van der Waals surface area contributed by atoms with Crippen LogP contribution in [0.25, 0.3) is 11.0 Å². The van der Waals surface area contributed by atoms with E-state index >= 15 is 0 Å². The van der Waals surface area contributed by atoms with Crippen LogP contribution in [-0.2, 0) is 6.54 Å². The van der Waals surface area contributed by atoms with E-state index in [0.29, 0.717) is 11.8 Å². The Morgan fingerprint density at radius 2 is 1.93 bits per heavy atom. The third kappa shape index (κ3) is 3.22. The summed E-state index contributed by atoms with van der Waals surface area (Å²) >= 11 is 0. The van der Waals surface area contributed by atoms with Crippen molar-refractivity contribution in [3.63, 3.8) is 0 Å². The smallest absolute Gasteiger partial charge is 0.253 e. The van der Waals surface area contributed by atoms with Crippen molar-refractivity contribution in [2.24, 2.45) is 5.92 Å². The standard InChI is InChI=1S/C20H24N6O/c1-13-8-17-19(24-13)20(22-11-21-17)25-6-4-14(5-7-25)10-26-12-23-16(9-18(26)27)15-2-3-15/h8-9,11-12,14-15,24H,2-7,10H2,1H3. The Hall–Kier alpha value is -2.70. The van der Waals surface area contributed by atoms with E-state index in [-0.39, 0.29) is 5.56 Å². The van der Waals surface area contributed by atoms with Crippen LogP contribution in [0, 0.1) is 12.8 Å². The average molecular weight is 364 g/mol. The lowest BCUT2D eigenvalue weighted by Gasteiger charge is -2.33. The first kappa shape index (κ1) is 16.5. The lowest BCUT2D eigenvalue weighted by Crippen LogP contribution is -2.37. The van der Waals surface area contributed by atoms with Crippen LogP contribution in [0.5, 0.6) is 0 Å². The monoisotopic (exact) mass is 364 g/mol. The second-order valence-corrected chi connectivity index (χ2v) is 7.92. The number of aromatic nitrogens is 5. The summed E-state index contributed by atoms with van der Waals surface area (Å²) < 4.78 is 1.78. The Kier molecular flexibility index (Phi) is 3.95. The third-order valence-electron chi connectivity index (χ3n) is 5.80. The van der Waals surface area contributed by atoms with Gasteiger partial charge in [0.15, 0.2) is 5.82 Å². The molecule has 1 saturated heterocycles. The van der Waals surface area contributed by atoms with E-state index < -0.39 is 0 Å². The zero-order valence-corrected chi connectivity index (χ0v) is 15.6. The molecule has 0 aromatic carbocycles. The Balaban J connectivity index is 1.27. The van der Waals surface area contributed by atoms with Crippen LogP contribution in [0.1, 0.15) is 43.0 Å². The largest absolute Gasteiger partial charge is 0.355 e. The van der Waals surface area contributed by atoms with Gasteiger partial charge < -0.3 is 9.88 Å². The Morgan fingerprint density at radius 3 is 2.67 bits per heavy atom. The van der Waals surface area contributed by atoms with Crippen molar-refractivity contribution in [2.45, 2.75) is 45.1 Å². The summed E-state index contributed by atoms with van der Waals surface area (Å²) in [5.41, 5.74) is 4.15. The van der Waals surface area contributed by atoms with Crippen LogP contribution < -0.4 is 10.5 Å². The van der Waals surface area contributed by atoms with E-state index in [4.69, 9.17) is 0 Å². The van der Waals surface area contributed by atoms with Crippen molar-refractivity contribution in [1.29, 1.82) is 0 Å². The van der Waals surface area contributed by atoms with E-state index in [1.807, 2.05) is 6.92 Å². The van der Waals surface area contributed by atoms with Gasteiger partial charge >= 0.3 is 0 Å². The van der Waals surface area contributed by atoms with Crippen molar-refractivity contribution in [3.05, 3.63) is 46.5 Å². The molecular formula is C20H24N6O. The SMILES string of the molecule is Cc1cc2ncnc(N3CCC(Cn4cnc(C5CC5)cc4=O)CC3)c2[nH]1. The molecule has 3 aromatic rings. The highest BCUT2D eigenvalue weighted by Crippen LogP contribution is 2.38. The second kappa shape index (κ2) is 6.48. The average Bonchev–Trinajstić information content (AvgIpc) is 3.44. The van der Waals surface area contributed by atoms with Crippen molar-refractivity contribution < 1.29 is 0 Å². The van der Waals surface area contributed by atoms with Gasteiger partial charge in [0.1, 0.15) is 11.8 Å². The number of hydrogen-bond donors (Lipinski definition) is 1. The van der Waals surface area contributed by atoms with Gasteiger partial charge in [-0.25, -0.2) is 15.0 Å². The summed E-state index contributed by atoms with van der Waals surface area (Å²) in [6.07, 6.45) is 7.82. The summed E-state index contributed by atoms with van der Waals surface area (Å²) in [7, 11) is 0. The van der Waals surface area contributed by atoms with E-state index in [9.17, 15) is 4.79 Å². The predicted molar refractivity (Wildman–Crippen MR) is 104 cm³/mol. The molecule has 140 valence electrons. The molecule has 2 fully saturated rings. The fraction of sp³-hybridized carbons (Fsp3) is 0.500. The molecule has 1 aliphatic heterocycles. The molecule has 27 heavy (non-hydrogen) atoms. The first-order valence-electron chi connectivity index (χ1n) is 9.79. The minimum atomic E-state index is 0.0914.